The van der Waals surface area contributed by atoms with Gasteiger partial charge in [-0.15, -0.1) is 12.4 Å². The number of nitrogens with two attached hydrogens (primary N) is 1. The lowest BCUT2D eigenvalue weighted by atomic mass is 10.2. The van der Waals surface area contributed by atoms with Crippen molar-refractivity contribution in [3.05, 3.63) is 28.8 Å². The predicted molar refractivity (Wildman–Crippen MR) is 47.8 cm³/mol. The van der Waals surface area contributed by atoms with E-state index in [0.717, 1.165) is 5.56 Å². The molecule has 0 fully saturated rings. The van der Waals surface area contributed by atoms with Crippen molar-refractivity contribution in [3.8, 4) is 0 Å². The van der Waals surface area contributed by atoms with Crippen LogP contribution in [0.4, 0.5) is 5.69 Å². The Morgan fingerprint density at radius 1 is 1.40 bits per heavy atom. The summed E-state index contributed by atoms with van der Waals surface area (Å²) in [5.74, 6) is 0. The Morgan fingerprint density at radius 2 is 2.00 bits per heavy atom. The van der Waals surface area contributed by atoms with Crippen LogP contribution in [-0.4, -0.2) is 0 Å². The van der Waals surface area contributed by atoms with Crippen LogP contribution in [0.15, 0.2) is 18.2 Å². The first-order chi connectivity index (χ1) is 4.22. The lowest BCUT2D eigenvalue weighted by Gasteiger charge is -1.98. The van der Waals surface area contributed by atoms with Gasteiger partial charge in [0.1, 0.15) is 0 Å². The minimum atomic E-state index is 0. The standard InChI is InChI=1S/C7H8ClN.ClH/c1-5-3-2-4-6(8)7(5)9;/h2-4H,9H2,1H3;1H. The maximum absolute atomic E-state index is 5.69. The summed E-state index contributed by atoms with van der Waals surface area (Å²) in [7, 11) is 0. The number of benzene rings is 1. The first kappa shape index (κ1) is 9.60. The van der Waals surface area contributed by atoms with Crippen molar-refractivity contribution in [2.45, 2.75) is 6.92 Å². The molecule has 0 aromatic heterocycles. The van der Waals surface area contributed by atoms with Crippen LogP contribution in [0, 0.1) is 6.92 Å². The molecule has 0 bridgehead atoms. The van der Waals surface area contributed by atoms with Crippen molar-refractivity contribution in [1.29, 1.82) is 0 Å². The second-order valence-electron chi connectivity index (χ2n) is 1.97. The molecular weight excluding hydrogens is 169 g/mol. The fourth-order valence-corrected chi connectivity index (χ4v) is 0.867. The van der Waals surface area contributed by atoms with E-state index in [9.17, 15) is 0 Å². The number of para-hydroxylation sites is 1. The van der Waals surface area contributed by atoms with Gasteiger partial charge in [0.05, 0.1) is 10.7 Å². The molecule has 0 unspecified atom stereocenters. The van der Waals surface area contributed by atoms with Crippen LogP contribution < -0.4 is 5.73 Å². The summed E-state index contributed by atoms with van der Waals surface area (Å²) in [5, 5.41) is 0.634. The van der Waals surface area contributed by atoms with E-state index in [-0.39, 0.29) is 12.4 Å². The zero-order chi connectivity index (χ0) is 6.85. The molecule has 0 amide bonds. The third-order valence-electron chi connectivity index (χ3n) is 1.27. The highest BCUT2D eigenvalue weighted by Crippen LogP contribution is 2.20. The lowest BCUT2D eigenvalue weighted by molar-refractivity contribution is 1.47. The number of hydrogen-bond donors (Lipinski definition) is 1. The third-order valence-corrected chi connectivity index (χ3v) is 1.60. The van der Waals surface area contributed by atoms with Crippen molar-refractivity contribution in [3.63, 3.8) is 0 Å². The number of rotatable bonds is 0. The molecule has 1 nitrogen and oxygen atoms in total. The van der Waals surface area contributed by atoms with E-state index in [0.29, 0.717) is 10.7 Å². The average Bonchev–Trinajstić information content (AvgIpc) is 1.83. The van der Waals surface area contributed by atoms with E-state index in [2.05, 4.69) is 0 Å². The van der Waals surface area contributed by atoms with Crippen molar-refractivity contribution in [2.75, 3.05) is 5.73 Å². The van der Waals surface area contributed by atoms with Gasteiger partial charge in [0, 0.05) is 0 Å². The van der Waals surface area contributed by atoms with Crippen LogP contribution in [0.2, 0.25) is 5.02 Å². The number of aryl methyl sites for hydroxylation is 1. The maximum atomic E-state index is 5.69. The molecule has 0 radical (unpaired) electrons. The summed E-state index contributed by atoms with van der Waals surface area (Å²) < 4.78 is 0. The molecule has 1 aromatic carbocycles. The second kappa shape index (κ2) is 3.69. The van der Waals surface area contributed by atoms with E-state index in [1.54, 1.807) is 6.07 Å². The number of nitrogen functional groups attached to an aromatic ring is 1. The predicted octanol–water partition coefficient (Wildman–Crippen LogP) is 2.65. The van der Waals surface area contributed by atoms with Crippen molar-refractivity contribution >= 4 is 29.7 Å². The molecule has 0 aliphatic rings. The van der Waals surface area contributed by atoms with Gasteiger partial charge in [-0.25, -0.2) is 0 Å². The molecule has 0 aliphatic carbocycles. The minimum absolute atomic E-state index is 0. The zero-order valence-electron chi connectivity index (χ0n) is 5.60. The second-order valence-corrected chi connectivity index (χ2v) is 2.38. The molecule has 56 valence electrons. The quantitative estimate of drug-likeness (QED) is 0.607. The lowest BCUT2D eigenvalue weighted by Crippen LogP contribution is -1.88. The number of hydrogen-bond acceptors (Lipinski definition) is 1. The molecule has 10 heavy (non-hydrogen) atoms. The first-order valence-electron chi connectivity index (χ1n) is 2.72. The van der Waals surface area contributed by atoms with E-state index >= 15 is 0 Å². The average molecular weight is 178 g/mol. The summed E-state index contributed by atoms with van der Waals surface area (Å²) in [6.45, 7) is 1.93. The van der Waals surface area contributed by atoms with Gasteiger partial charge in [0.15, 0.2) is 0 Å². The molecular formula is C7H9Cl2N. The summed E-state index contributed by atoms with van der Waals surface area (Å²) in [4.78, 5) is 0. The fourth-order valence-electron chi connectivity index (χ4n) is 0.645. The molecule has 3 heteroatoms. The SMILES string of the molecule is Cc1cccc(Cl)c1N.Cl. The largest absolute Gasteiger partial charge is 0.397 e. The topological polar surface area (TPSA) is 26.0 Å². The molecule has 1 rings (SSSR count). The normalized spacial score (nSPS) is 8.60. The van der Waals surface area contributed by atoms with Crippen LogP contribution in [0.1, 0.15) is 5.56 Å². The molecule has 1 aromatic rings. The number of halogens is 2. The van der Waals surface area contributed by atoms with Gasteiger partial charge in [0.2, 0.25) is 0 Å². The van der Waals surface area contributed by atoms with Crippen molar-refractivity contribution in [2.24, 2.45) is 0 Å². The molecule has 0 saturated carbocycles. The van der Waals surface area contributed by atoms with Gasteiger partial charge in [-0.05, 0) is 18.6 Å². The minimum Gasteiger partial charge on any atom is -0.397 e. The molecule has 0 spiro atoms. The van der Waals surface area contributed by atoms with Gasteiger partial charge in [-0.3, -0.25) is 0 Å². The first-order valence-corrected chi connectivity index (χ1v) is 3.10. The highest BCUT2D eigenvalue weighted by Gasteiger charge is 1.94. The Balaban J connectivity index is 0.000000810. The summed E-state index contributed by atoms with van der Waals surface area (Å²) >= 11 is 5.69. The van der Waals surface area contributed by atoms with Crippen LogP contribution in [-0.2, 0) is 0 Å². The molecule has 2 N–H and O–H groups in total. The Labute approximate surface area is 71.6 Å². The Kier molecular flexibility index (Phi) is 3.54. The molecule has 0 aliphatic heterocycles. The van der Waals surface area contributed by atoms with E-state index < -0.39 is 0 Å². The van der Waals surface area contributed by atoms with Crippen LogP contribution in [0.3, 0.4) is 0 Å². The smallest absolute Gasteiger partial charge is 0.0638 e. The maximum Gasteiger partial charge on any atom is 0.0638 e. The van der Waals surface area contributed by atoms with Gasteiger partial charge in [-0.1, -0.05) is 23.7 Å². The summed E-state index contributed by atoms with van der Waals surface area (Å²) in [6, 6.07) is 5.60. The molecule has 0 atom stereocenters. The summed E-state index contributed by atoms with van der Waals surface area (Å²) in [5.41, 5.74) is 7.26. The Morgan fingerprint density at radius 3 is 2.40 bits per heavy atom. The van der Waals surface area contributed by atoms with Crippen molar-refractivity contribution < 1.29 is 0 Å². The van der Waals surface area contributed by atoms with Gasteiger partial charge in [-0.2, -0.15) is 0 Å². The Hall–Kier alpha value is -0.400. The van der Waals surface area contributed by atoms with Crippen LogP contribution in [0.25, 0.3) is 0 Å². The van der Waals surface area contributed by atoms with E-state index in [1.807, 2.05) is 19.1 Å². The highest BCUT2D eigenvalue weighted by atomic mass is 35.5. The molecule has 0 saturated heterocycles. The summed E-state index contributed by atoms with van der Waals surface area (Å²) in [6.07, 6.45) is 0. The van der Waals surface area contributed by atoms with Crippen LogP contribution >= 0.6 is 24.0 Å². The van der Waals surface area contributed by atoms with Gasteiger partial charge < -0.3 is 5.73 Å². The van der Waals surface area contributed by atoms with Gasteiger partial charge in [0.25, 0.3) is 0 Å². The fraction of sp³-hybridized carbons (Fsp3) is 0.143. The van der Waals surface area contributed by atoms with Crippen molar-refractivity contribution in [1.82, 2.24) is 0 Å². The monoisotopic (exact) mass is 177 g/mol. The highest BCUT2D eigenvalue weighted by molar-refractivity contribution is 6.33. The van der Waals surface area contributed by atoms with Crippen LogP contribution in [0.5, 0.6) is 0 Å². The Bertz CT molecular complexity index is 203. The van der Waals surface area contributed by atoms with E-state index in [4.69, 9.17) is 17.3 Å². The van der Waals surface area contributed by atoms with Gasteiger partial charge >= 0.3 is 0 Å². The third kappa shape index (κ3) is 1.79. The number of anilines is 1. The zero-order valence-corrected chi connectivity index (χ0v) is 7.17. The van der Waals surface area contributed by atoms with E-state index in [1.165, 1.54) is 0 Å². The molecule has 0 heterocycles.